The van der Waals surface area contributed by atoms with Crippen LogP contribution in [0.3, 0.4) is 0 Å². The smallest absolute Gasteiger partial charge is 0.452 e. The van der Waals surface area contributed by atoms with Crippen molar-refractivity contribution < 1.29 is 41.0 Å². The Labute approximate surface area is 269 Å². The van der Waals surface area contributed by atoms with Crippen molar-refractivity contribution in [1.82, 2.24) is 23.9 Å². The number of pyridine rings is 2. The number of benzene rings is 1. The van der Waals surface area contributed by atoms with Gasteiger partial charge in [0.05, 0.1) is 25.7 Å². The monoisotopic (exact) mass is 673 g/mol. The van der Waals surface area contributed by atoms with E-state index in [1.165, 1.54) is 22.6 Å². The van der Waals surface area contributed by atoms with Gasteiger partial charge in [0.25, 0.3) is 0 Å². The standard InChI is InChI=1S/C32H34F3N5O6S/c1-5-23(29(41)42)26(24-8-10-40-27(20(24)4)37-38-30(40)32(33,34)35)21-7-6-19(3)22(13-21)15-39-16-31(9-11-45-17-31)46-28-25(47(39,43)44)12-18(2)14-36-28/h6-8,10,12-14,23,26H,5,9,11,15-17H2,1-4H3,(H,41,42)/t23?,26?,31-/m0/s1. The van der Waals surface area contributed by atoms with Gasteiger partial charge in [0, 0.05) is 31.3 Å². The fourth-order valence-electron chi connectivity index (χ4n) is 6.56. The molecule has 5 heterocycles. The molecule has 3 aromatic heterocycles. The molecule has 2 aliphatic heterocycles. The topological polar surface area (TPSA) is 136 Å². The third kappa shape index (κ3) is 5.84. The molecule has 1 fully saturated rings. The van der Waals surface area contributed by atoms with Crippen molar-refractivity contribution >= 4 is 21.6 Å². The minimum Gasteiger partial charge on any atom is -0.481 e. The first kappa shape index (κ1) is 32.8. The molecular weight excluding hydrogens is 639 g/mol. The van der Waals surface area contributed by atoms with Crippen LogP contribution in [0.5, 0.6) is 5.88 Å². The summed E-state index contributed by atoms with van der Waals surface area (Å²) in [5, 5.41) is 17.4. The first-order valence-electron chi connectivity index (χ1n) is 15.1. The lowest BCUT2D eigenvalue weighted by Gasteiger charge is -2.31. The van der Waals surface area contributed by atoms with Gasteiger partial charge in [-0.1, -0.05) is 25.1 Å². The lowest BCUT2D eigenvalue weighted by molar-refractivity contribution is -0.145. The van der Waals surface area contributed by atoms with Gasteiger partial charge in [0.2, 0.25) is 21.7 Å². The van der Waals surface area contributed by atoms with E-state index in [2.05, 4.69) is 15.2 Å². The number of carboxylic acids is 1. The zero-order valence-corrected chi connectivity index (χ0v) is 27.0. The van der Waals surface area contributed by atoms with Gasteiger partial charge in [-0.25, -0.2) is 13.4 Å². The number of hydrogen-bond donors (Lipinski definition) is 1. The molecule has 0 radical (unpaired) electrons. The molecule has 6 rings (SSSR count). The minimum absolute atomic E-state index is 0.00867. The summed E-state index contributed by atoms with van der Waals surface area (Å²) in [5.74, 6) is -3.98. The number of nitrogens with zero attached hydrogens (tertiary/aromatic N) is 5. The summed E-state index contributed by atoms with van der Waals surface area (Å²) >= 11 is 0. The number of aromatic nitrogens is 4. The summed E-state index contributed by atoms with van der Waals surface area (Å²) in [6.45, 7) is 7.46. The van der Waals surface area contributed by atoms with Crippen LogP contribution in [0.2, 0.25) is 0 Å². The number of aliphatic carboxylic acids is 1. The lowest BCUT2D eigenvalue weighted by Crippen LogP contribution is -2.47. The SMILES string of the molecule is CCC(C(=O)O)C(c1ccc(C)c(CN2C[C@]3(CCOC3)Oc3ncc(C)cc3S2(=O)=O)c1)c1ccn2c(C(F)(F)F)nnc2c1C. The molecule has 2 aliphatic rings. The first-order chi connectivity index (χ1) is 22.1. The van der Waals surface area contributed by atoms with Crippen molar-refractivity contribution in [3.05, 3.63) is 81.9 Å². The van der Waals surface area contributed by atoms with Crippen molar-refractivity contribution in [3.8, 4) is 5.88 Å². The highest BCUT2D eigenvalue weighted by atomic mass is 32.2. The van der Waals surface area contributed by atoms with Crippen molar-refractivity contribution in [2.24, 2.45) is 5.92 Å². The molecule has 15 heteroatoms. The molecule has 2 unspecified atom stereocenters. The van der Waals surface area contributed by atoms with E-state index in [0.29, 0.717) is 40.8 Å². The zero-order chi connectivity index (χ0) is 33.9. The summed E-state index contributed by atoms with van der Waals surface area (Å²) in [6.07, 6.45) is -1.29. The number of hydrogen-bond acceptors (Lipinski definition) is 8. The number of ether oxygens (including phenoxy) is 2. The summed E-state index contributed by atoms with van der Waals surface area (Å²) in [7, 11) is -4.09. The maximum absolute atomic E-state index is 14.2. The van der Waals surface area contributed by atoms with Crippen molar-refractivity contribution in [1.29, 1.82) is 0 Å². The van der Waals surface area contributed by atoms with Crippen molar-refractivity contribution in [3.63, 3.8) is 0 Å². The minimum atomic E-state index is -4.73. The predicted octanol–water partition coefficient (Wildman–Crippen LogP) is 5.05. The van der Waals surface area contributed by atoms with Crippen LogP contribution in [-0.2, 0) is 32.3 Å². The molecule has 1 saturated heterocycles. The Balaban J connectivity index is 1.46. The van der Waals surface area contributed by atoms with E-state index in [0.717, 1.165) is 9.96 Å². The van der Waals surface area contributed by atoms with E-state index in [-0.39, 0.29) is 42.5 Å². The molecule has 0 amide bonds. The van der Waals surface area contributed by atoms with Gasteiger partial charge in [0.15, 0.2) is 5.65 Å². The van der Waals surface area contributed by atoms with Gasteiger partial charge >= 0.3 is 12.1 Å². The quantitative estimate of drug-likeness (QED) is 0.286. The number of rotatable bonds is 7. The second-order valence-electron chi connectivity index (χ2n) is 12.3. The molecular formula is C32H34F3N5O6S. The maximum Gasteiger partial charge on any atom is 0.452 e. The first-order valence-corrected chi connectivity index (χ1v) is 16.6. The highest BCUT2D eigenvalue weighted by Crippen LogP contribution is 2.41. The summed E-state index contributed by atoms with van der Waals surface area (Å²) in [5.41, 5.74) is 2.50. The van der Waals surface area contributed by atoms with Crippen molar-refractivity contribution in [2.75, 3.05) is 19.8 Å². The maximum atomic E-state index is 14.2. The van der Waals surface area contributed by atoms with Crippen LogP contribution in [0, 0.1) is 26.7 Å². The van der Waals surface area contributed by atoms with E-state index in [1.54, 1.807) is 45.2 Å². The third-order valence-corrected chi connectivity index (χ3v) is 10.9. The van der Waals surface area contributed by atoms with Crippen LogP contribution >= 0.6 is 0 Å². The van der Waals surface area contributed by atoms with Crippen LogP contribution in [-0.4, -0.2) is 68.7 Å². The second kappa shape index (κ2) is 11.9. The summed E-state index contributed by atoms with van der Waals surface area (Å²) < 4.78 is 83.1. The average molecular weight is 674 g/mol. The third-order valence-electron chi connectivity index (χ3n) is 9.11. The van der Waals surface area contributed by atoms with E-state index >= 15 is 0 Å². The van der Waals surface area contributed by atoms with Crippen LogP contribution in [0.15, 0.2) is 47.6 Å². The van der Waals surface area contributed by atoms with Crippen molar-refractivity contribution in [2.45, 2.75) is 69.7 Å². The van der Waals surface area contributed by atoms with Crippen LogP contribution in [0.4, 0.5) is 13.2 Å². The van der Waals surface area contributed by atoms with E-state index < -0.39 is 45.4 Å². The van der Waals surface area contributed by atoms with Gasteiger partial charge in [-0.05, 0) is 72.7 Å². The Morgan fingerprint density at radius 2 is 1.91 bits per heavy atom. The van der Waals surface area contributed by atoms with E-state index in [9.17, 15) is 31.5 Å². The Morgan fingerprint density at radius 3 is 2.57 bits per heavy atom. The highest BCUT2D eigenvalue weighted by molar-refractivity contribution is 7.89. The number of carboxylic acid groups (broad SMARTS) is 1. The van der Waals surface area contributed by atoms with Gasteiger partial charge in [0.1, 0.15) is 10.5 Å². The Morgan fingerprint density at radius 1 is 1.15 bits per heavy atom. The molecule has 1 N–H and O–H groups in total. The highest BCUT2D eigenvalue weighted by Gasteiger charge is 2.47. The zero-order valence-electron chi connectivity index (χ0n) is 26.2. The average Bonchev–Trinajstić information content (AvgIpc) is 3.64. The molecule has 4 aromatic rings. The number of aryl methyl sites for hydroxylation is 3. The number of halogens is 3. The van der Waals surface area contributed by atoms with E-state index in [1.807, 2.05) is 6.92 Å². The lowest BCUT2D eigenvalue weighted by atomic mass is 9.77. The molecule has 250 valence electrons. The fourth-order valence-corrected chi connectivity index (χ4v) is 8.21. The Hall–Kier alpha value is -4.08. The van der Waals surface area contributed by atoms with Crippen LogP contribution in [0.25, 0.3) is 5.65 Å². The molecule has 1 spiro atoms. The number of sulfonamides is 1. The van der Waals surface area contributed by atoms with Gasteiger partial charge in [-0.2, -0.15) is 17.5 Å². The molecule has 3 atom stereocenters. The molecule has 11 nitrogen and oxygen atoms in total. The number of fused-ring (bicyclic) bond motifs is 2. The van der Waals surface area contributed by atoms with Gasteiger partial charge in [-0.3, -0.25) is 9.20 Å². The molecule has 0 bridgehead atoms. The molecule has 1 aromatic carbocycles. The molecule has 47 heavy (non-hydrogen) atoms. The second-order valence-corrected chi connectivity index (χ2v) is 14.2. The van der Waals surface area contributed by atoms with Gasteiger partial charge in [-0.15, -0.1) is 10.2 Å². The Kier molecular flexibility index (Phi) is 8.29. The van der Waals surface area contributed by atoms with E-state index in [4.69, 9.17) is 9.47 Å². The van der Waals surface area contributed by atoms with Crippen LogP contribution in [0.1, 0.15) is 64.9 Å². The largest absolute Gasteiger partial charge is 0.481 e. The predicted molar refractivity (Wildman–Crippen MR) is 163 cm³/mol. The summed E-state index contributed by atoms with van der Waals surface area (Å²) in [4.78, 5) is 16.9. The molecule has 0 aliphatic carbocycles. The fraction of sp³-hybridized carbons (Fsp3) is 0.438. The Bertz CT molecular complexity index is 1970. The number of carbonyl (C=O) groups is 1. The van der Waals surface area contributed by atoms with Gasteiger partial charge < -0.3 is 14.6 Å². The summed E-state index contributed by atoms with van der Waals surface area (Å²) in [6, 6.07) is 8.37. The molecule has 0 saturated carbocycles. The van der Waals surface area contributed by atoms with Crippen LogP contribution < -0.4 is 4.74 Å². The normalized spacial score (nSPS) is 20.9. The number of alkyl halides is 3.